The van der Waals surface area contributed by atoms with E-state index < -0.39 is 22.0 Å². The second-order valence-electron chi connectivity index (χ2n) is 5.71. The van der Waals surface area contributed by atoms with Gasteiger partial charge in [0.25, 0.3) is 0 Å². The first-order chi connectivity index (χ1) is 11.6. The average Bonchev–Trinajstić information content (AvgIpc) is 2.54. The van der Waals surface area contributed by atoms with Crippen LogP contribution >= 0.6 is 11.8 Å². The molecule has 0 saturated heterocycles. The van der Waals surface area contributed by atoms with Crippen LogP contribution in [0.5, 0.6) is 5.75 Å². The molecule has 7 nitrogen and oxygen atoms in total. The Labute approximate surface area is 150 Å². The van der Waals surface area contributed by atoms with Crippen LogP contribution in [-0.2, 0) is 20.6 Å². The van der Waals surface area contributed by atoms with E-state index in [1.165, 1.54) is 38.0 Å². The van der Waals surface area contributed by atoms with Crippen LogP contribution < -0.4 is 5.73 Å². The van der Waals surface area contributed by atoms with Crippen LogP contribution in [0, 0.1) is 0 Å². The zero-order valence-corrected chi connectivity index (χ0v) is 15.5. The van der Waals surface area contributed by atoms with Gasteiger partial charge in [-0.2, -0.15) is 11.8 Å². The van der Waals surface area contributed by atoms with Gasteiger partial charge in [-0.15, -0.1) is 0 Å². The maximum absolute atomic E-state index is 12.4. The minimum absolute atomic E-state index is 0.0122. The van der Waals surface area contributed by atoms with E-state index in [4.69, 9.17) is 10.8 Å². The number of phenolic OH excluding ortho intramolecular Hbond substituents is 1. The topological polar surface area (TPSA) is 121 Å². The summed E-state index contributed by atoms with van der Waals surface area (Å²) >= 11 is 1.36. The molecule has 0 radical (unpaired) electrons. The SMILES string of the molecule is CN(C)S(=O)(=O)c1ccc(O)c2cc(CSC[C@H](N)C(=O)O)ccc12. The lowest BCUT2D eigenvalue weighted by molar-refractivity contribution is -0.137. The van der Waals surface area contributed by atoms with Gasteiger partial charge in [0.1, 0.15) is 11.8 Å². The predicted octanol–water partition coefficient (Wildman–Crippen LogP) is 1.44. The summed E-state index contributed by atoms with van der Waals surface area (Å²) in [6.45, 7) is 0. The molecule has 0 aliphatic rings. The van der Waals surface area contributed by atoms with E-state index in [0.717, 1.165) is 9.87 Å². The molecule has 2 aromatic rings. The number of thioether (sulfide) groups is 1. The second kappa shape index (κ2) is 7.61. The molecule has 9 heteroatoms. The standard InChI is InChI=1S/C16H20N2O5S2/c1-18(2)25(22,23)15-6-5-14(19)12-7-10(3-4-11(12)15)8-24-9-13(17)16(20)21/h3-7,13,19H,8-9,17H2,1-2H3,(H,20,21)/t13-/m0/s1. The van der Waals surface area contributed by atoms with Crippen LogP contribution in [0.4, 0.5) is 0 Å². The molecule has 0 fully saturated rings. The molecule has 2 aromatic carbocycles. The highest BCUT2D eigenvalue weighted by Gasteiger charge is 2.21. The molecule has 0 unspecified atom stereocenters. The number of carbonyl (C=O) groups is 1. The molecule has 25 heavy (non-hydrogen) atoms. The van der Waals surface area contributed by atoms with Gasteiger partial charge in [0, 0.05) is 36.4 Å². The molecule has 0 heterocycles. The Bertz CT molecular complexity index is 897. The van der Waals surface area contributed by atoms with Crippen LogP contribution in [0.15, 0.2) is 35.2 Å². The van der Waals surface area contributed by atoms with Crippen molar-refractivity contribution < 1.29 is 23.4 Å². The largest absolute Gasteiger partial charge is 0.507 e. The third kappa shape index (κ3) is 4.24. The lowest BCUT2D eigenvalue weighted by atomic mass is 10.1. The van der Waals surface area contributed by atoms with Gasteiger partial charge in [-0.25, -0.2) is 12.7 Å². The highest BCUT2D eigenvalue weighted by Crippen LogP contribution is 2.32. The number of hydrogen-bond donors (Lipinski definition) is 3. The number of aromatic hydroxyl groups is 1. The van der Waals surface area contributed by atoms with Crippen LogP contribution in [0.2, 0.25) is 0 Å². The van der Waals surface area contributed by atoms with E-state index in [2.05, 4.69) is 0 Å². The molecule has 0 bridgehead atoms. The van der Waals surface area contributed by atoms with Crippen molar-refractivity contribution in [1.29, 1.82) is 0 Å². The number of carboxylic acid groups (broad SMARTS) is 1. The van der Waals surface area contributed by atoms with Crippen LogP contribution in [-0.4, -0.2) is 54.8 Å². The number of rotatable bonds is 7. The highest BCUT2D eigenvalue weighted by molar-refractivity contribution is 7.98. The minimum Gasteiger partial charge on any atom is -0.507 e. The zero-order chi connectivity index (χ0) is 18.8. The number of carboxylic acids is 1. The van der Waals surface area contributed by atoms with E-state index in [9.17, 15) is 18.3 Å². The lowest BCUT2D eigenvalue weighted by Gasteiger charge is -2.15. The number of sulfonamides is 1. The monoisotopic (exact) mass is 384 g/mol. The molecule has 0 amide bonds. The molecule has 0 spiro atoms. The molecule has 2 rings (SSSR count). The van der Waals surface area contributed by atoms with Crippen molar-refractivity contribution in [3.05, 3.63) is 35.9 Å². The number of nitrogens with zero attached hydrogens (tertiary/aromatic N) is 1. The third-order valence-electron chi connectivity index (χ3n) is 3.66. The second-order valence-corrected chi connectivity index (χ2v) is 8.86. The Balaban J connectivity index is 2.35. The predicted molar refractivity (Wildman–Crippen MR) is 98.3 cm³/mol. The molecule has 0 saturated carbocycles. The Morgan fingerprint density at radius 3 is 2.52 bits per heavy atom. The quantitative estimate of drug-likeness (QED) is 0.660. The lowest BCUT2D eigenvalue weighted by Crippen LogP contribution is -2.32. The summed E-state index contributed by atoms with van der Waals surface area (Å²) in [4.78, 5) is 10.8. The maximum atomic E-state index is 12.4. The number of hydrogen-bond acceptors (Lipinski definition) is 6. The van der Waals surface area contributed by atoms with Crippen molar-refractivity contribution in [2.45, 2.75) is 16.7 Å². The number of aliphatic carboxylic acids is 1. The van der Waals surface area contributed by atoms with Crippen LogP contribution in [0.25, 0.3) is 10.8 Å². The number of phenols is 1. The number of nitrogens with two attached hydrogens (primary N) is 1. The number of fused-ring (bicyclic) bond motifs is 1. The summed E-state index contributed by atoms with van der Waals surface area (Å²) in [5, 5.41) is 19.7. The van der Waals surface area contributed by atoms with E-state index in [1.807, 2.05) is 0 Å². The minimum atomic E-state index is -3.64. The molecule has 0 aliphatic carbocycles. The van der Waals surface area contributed by atoms with Crippen LogP contribution in [0.3, 0.4) is 0 Å². The van der Waals surface area contributed by atoms with E-state index in [1.54, 1.807) is 18.2 Å². The van der Waals surface area contributed by atoms with E-state index >= 15 is 0 Å². The summed E-state index contributed by atoms with van der Waals surface area (Å²) in [6.07, 6.45) is 0. The first kappa shape index (κ1) is 19.5. The van der Waals surface area contributed by atoms with Gasteiger partial charge in [-0.3, -0.25) is 4.79 Å². The van der Waals surface area contributed by atoms with E-state index in [0.29, 0.717) is 16.5 Å². The van der Waals surface area contributed by atoms with Crippen LogP contribution in [0.1, 0.15) is 5.56 Å². The van der Waals surface area contributed by atoms with Gasteiger partial charge in [0.05, 0.1) is 4.90 Å². The van der Waals surface area contributed by atoms with Gasteiger partial charge in [0.2, 0.25) is 10.0 Å². The zero-order valence-electron chi connectivity index (χ0n) is 13.8. The first-order valence-electron chi connectivity index (χ1n) is 7.38. The van der Waals surface area contributed by atoms with Crippen molar-refractivity contribution in [3.8, 4) is 5.75 Å². The van der Waals surface area contributed by atoms with Gasteiger partial charge < -0.3 is 15.9 Å². The normalized spacial score (nSPS) is 13.3. The fourth-order valence-corrected chi connectivity index (χ4v) is 4.26. The molecule has 0 aromatic heterocycles. The molecular formula is C16H20N2O5S2. The molecule has 1 atom stereocenters. The summed E-state index contributed by atoms with van der Waals surface area (Å²) in [5.41, 5.74) is 6.30. The first-order valence-corrected chi connectivity index (χ1v) is 9.97. The van der Waals surface area contributed by atoms with Crippen molar-refractivity contribution in [1.82, 2.24) is 4.31 Å². The van der Waals surface area contributed by atoms with Gasteiger partial charge >= 0.3 is 5.97 Å². The Kier molecular flexibility index (Phi) is 5.94. The fourth-order valence-electron chi connectivity index (χ4n) is 2.24. The Morgan fingerprint density at radius 1 is 1.24 bits per heavy atom. The number of benzene rings is 2. The highest BCUT2D eigenvalue weighted by atomic mass is 32.2. The third-order valence-corrected chi connectivity index (χ3v) is 6.67. The van der Waals surface area contributed by atoms with Crippen molar-refractivity contribution in [3.63, 3.8) is 0 Å². The fraction of sp³-hybridized carbons (Fsp3) is 0.312. The Hall–Kier alpha value is -1.81. The van der Waals surface area contributed by atoms with E-state index in [-0.39, 0.29) is 16.4 Å². The summed E-state index contributed by atoms with van der Waals surface area (Å²) < 4.78 is 26.0. The maximum Gasteiger partial charge on any atom is 0.321 e. The summed E-state index contributed by atoms with van der Waals surface area (Å²) in [6, 6.07) is 6.92. The Morgan fingerprint density at radius 2 is 1.92 bits per heavy atom. The smallest absolute Gasteiger partial charge is 0.321 e. The van der Waals surface area contributed by atoms with Gasteiger partial charge in [-0.05, 0) is 23.8 Å². The summed E-state index contributed by atoms with van der Waals surface area (Å²) in [7, 11) is -0.737. The molecule has 136 valence electrons. The van der Waals surface area contributed by atoms with Crippen molar-refractivity contribution in [2.75, 3.05) is 19.8 Å². The average molecular weight is 384 g/mol. The molecular weight excluding hydrogens is 364 g/mol. The van der Waals surface area contributed by atoms with Crippen molar-refractivity contribution >= 4 is 38.5 Å². The van der Waals surface area contributed by atoms with Gasteiger partial charge in [-0.1, -0.05) is 12.1 Å². The van der Waals surface area contributed by atoms with Gasteiger partial charge in [0.15, 0.2) is 0 Å². The molecule has 4 N–H and O–H groups in total. The van der Waals surface area contributed by atoms with Crippen molar-refractivity contribution in [2.24, 2.45) is 5.73 Å². The molecule has 0 aliphatic heterocycles. The summed E-state index contributed by atoms with van der Waals surface area (Å²) in [5.74, 6) is -0.306.